The molecule has 2 fully saturated rings. The molecule has 1 heterocycles. The van der Waals surface area contributed by atoms with Crippen molar-refractivity contribution in [3.8, 4) is 0 Å². The van der Waals surface area contributed by atoms with Crippen LogP contribution in [0.5, 0.6) is 0 Å². The van der Waals surface area contributed by atoms with Gasteiger partial charge in [-0.15, -0.1) is 0 Å². The standard InChI is InChI=1S/C15H28N2O2/c1-2-16-15(14(18)19)9-8-13(12-15)17-10-6-4-3-5-7-11-17/h13,16H,2-12H2,1H3,(H,18,19). The third kappa shape index (κ3) is 3.48. The summed E-state index contributed by atoms with van der Waals surface area (Å²) in [4.78, 5) is 14.1. The fourth-order valence-electron chi connectivity index (χ4n) is 3.74. The summed E-state index contributed by atoms with van der Waals surface area (Å²) >= 11 is 0. The highest BCUT2D eigenvalue weighted by atomic mass is 16.4. The Morgan fingerprint density at radius 1 is 1.26 bits per heavy atom. The van der Waals surface area contributed by atoms with Crippen LogP contribution in [-0.2, 0) is 4.79 Å². The van der Waals surface area contributed by atoms with Gasteiger partial charge in [-0.2, -0.15) is 0 Å². The second-order valence-electron chi connectivity index (χ2n) is 6.12. The summed E-state index contributed by atoms with van der Waals surface area (Å²) in [6.45, 7) is 5.05. The summed E-state index contributed by atoms with van der Waals surface area (Å²) in [5, 5.41) is 12.8. The maximum atomic E-state index is 11.6. The molecule has 1 aliphatic carbocycles. The second-order valence-corrected chi connectivity index (χ2v) is 6.12. The molecular formula is C15H28N2O2. The number of rotatable bonds is 4. The van der Waals surface area contributed by atoms with E-state index >= 15 is 0 Å². The lowest BCUT2D eigenvalue weighted by atomic mass is 9.97. The maximum absolute atomic E-state index is 11.6. The molecule has 2 rings (SSSR count). The van der Waals surface area contributed by atoms with Gasteiger partial charge in [-0.1, -0.05) is 26.2 Å². The lowest BCUT2D eigenvalue weighted by Gasteiger charge is -2.32. The molecule has 0 aromatic rings. The number of hydrogen-bond donors (Lipinski definition) is 2. The molecule has 0 amide bonds. The lowest BCUT2D eigenvalue weighted by Crippen LogP contribution is -2.51. The van der Waals surface area contributed by atoms with Crippen molar-refractivity contribution < 1.29 is 9.90 Å². The van der Waals surface area contributed by atoms with Crippen LogP contribution in [-0.4, -0.2) is 47.2 Å². The van der Waals surface area contributed by atoms with Crippen molar-refractivity contribution in [2.24, 2.45) is 0 Å². The van der Waals surface area contributed by atoms with Crippen molar-refractivity contribution in [3.05, 3.63) is 0 Å². The first-order valence-electron chi connectivity index (χ1n) is 7.90. The molecule has 2 N–H and O–H groups in total. The summed E-state index contributed by atoms with van der Waals surface area (Å²) in [5.41, 5.74) is -0.665. The molecule has 2 aliphatic rings. The van der Waals surface area contributed by atoms with Crippen LogP contribution >= 0.6 is 0 Å². The van der Waals surface area contributed by atoms with E-state index in [-0.39, 0.29) is 0 Å². The zero-order valence-electron chi connectivity index (χ0n) is 12.2. The number of likely N-dealkylation sites (N-methyl/N-ethyl adjacent to an activating group) is 1. The molecule has 0 radical (unpaired) electrons. The number of nitrogens with zero attached hydrogens (tertiary/aromatic N) is 1. The zero-order valence-corrected chi connectivity index (χ0v) is 12.2. The van der Waals surface area contributed by atoms with E-state index in [4.69, 9.17) is 0 Å². The molecule has 4 heteroatoms. The highest BCUT2D eigenvalue weighted by molar-refractivity contribution is 5.79. The van der Waals surface area contributed by atoms with Crippen LogP contribution in [0, 0.1) is 0 Å². The summed E-state index contributed by atoms with van der Waals surface area (Å²) in [5.74, 6) is -0.663. The van der Waals surface area contributed by atoms with Crippen molar-refractivity contribution in [1.29, 1.82) is 0 Å². The Hall–Kier alpha value is -0.610. The topological polar surface area (TPSA) is 52.6 Å². The van der Waals surface area contributed by atoms with E-state index in [0.717, 1.165) is 38.9 Å². The van der Waals surface area contributed by atoms with Crippen molar-refractivity contribution in [2.45, 2.75) is 69.9 Å². The second kappa shape index (κ2) is 6.71. The first-order valence-corrected chi connectivity index (χ1v) is 7.90. The van der Waals surface area contributed by atoms with Gasteiger partial charge in [0.15, 0.2) is 0 Å². The maximum Gasteiger partial charge on any atom is 0.323 e. The van der Waals surface area contributed by atoms with Gasteiger partial charge in [0.2, 0.25) is 0 Å². The highest BCUT2D eigenvalue weighted by Gasteiger charge is 2.46. The number of carboxylic acids is 1. The summed E-state index contributed by atoms with van der Waals surface area (Å²) in [6, 6.07) is 0.466. The monoisotopic (exact) mass is 268 g/mol. The number of likely N-dealkylation sites (tertiary alicyclic amines) is 1. The Morgan fingerprint density at radius 3 is 2.47 bits per heavy atom. The Balaban J connectivity index is 1.96. The minimum absolute atomic E-state index is 0.466. The molecule has 0 aromatic heterocycles. The van der Waals surface area contributed by atoms with E-state index in [1.165, 1.54) is 32.1 Å². The molecule has 1 saturated carbocycles. The van der Waals surface area contributed by atoms with Crippen LogP contribution in [0.25, 0.3) is 0 Å². The number of nitrogens with one attached hydrogen (secondary N) is 1. The molecule has 1 saturated heterocycles. The molecule has 4 nitrogen and oxygen atoms in total. The SMILES string of the molecule is CCNC1(C(=O)O)CCC(N2CCCCCCC2)C1. The number of carbonyl (C=O) groups is 1. The van der Waals surface area contributed by atoms with Gasteiger partial charge < -0.3 is 15.3 Å². The van der Waals surface area contributed by atoms with Gasteiger partial charge in [0.25, 0.3) is 0 Å². The Bertz CT molecular complexity index is 301. The average Bonchev–Trinajstić information content (AvgIpc) is 2.74. The van der Waals surface area contributed by atoms with Gasteiger partial charge in [0.05, 0.1) is 0 Å². The van der Waals surface area contributed by atoms with E-state index in [9.17, 15) is 9.90 Å². The van der Waals surface area contributed by atoms with Crippen LogP contribution in [0.2, 0.25) is 0 Å². The molecule has 0 bridgehead atoms. The zero-order chi connectivity index (χ0) is 13.7. The van der Waals surface area contributed by atoms with Crippen molar-refractivity contribution in [1.82, 2.24) is 10.2 Å². The summed E-state index contributed by atoms with van der Waals surface area (Å²) in [6.07, 6.45) is 9.17. The Morgan fingerprint density at radius 2 is 1.89 bits per heavy atom. The minimum atomic E-state index is -0.665. The number of aliphatic carboxylic acids is 1. The normalized spacial score (nSPS) is 33.8. The van der Waals surface area contributed by atoms with E-state index in [0.29, 0.717) is 6.04 Å². The van der Waals surface area contributed by atoms with E-state index in [2.05, 4.69) is 10.2 Å². The summed E-state index contributed by atoms with van der Waals surface area (Å²) < 4.78 is 0. The van der Waals surface area contributed by atoms with Crippen molar-refractivity contribution in [3.63, 3.8) is 0 Å². The summed E-state index contributed by atoms with van der Waals surface area (Å²) in [7, 11) is 0. The Kier molecular flexibility index (Phi) is 5.22. The smallest absolute Gasteiger partial charge is 0.323 e. The third-order valence-electron chi connectivity index (χ3n) is 4.82. The minimum Gasteiger partial charge on any atom is -0.480 e. The molecule has 110 valence electrons. The molecule has 2 unspecified atom stereocenters. The van der Waals surface area contributed by atoms with Gasteiger partial charge in [-0.25, -0.2) is 0 Å². The highest BCUT2D eigenvalue weighted by Crippen LogP contribution is 2.34. The number of carboxylic acid groups (broad SMARTS) is 1. The molecule has 0 aromatic carbocycles. The van der Waals surface area contributed by atoms with E-state index in [1.807, 2.05) is 6.92 Å². The van der Waals surface area contributed by atoms with Crippen LogP contribution in [0.15, 0.2) is 0 Å². The predicted octanol–water partition coefficient (Wildman–Crippen LogP) is 2.24. The molecular weight excluding hydrogens is 240 g/mol. The fraction of sp³-hybridized carbons (Fsp3) is 0.933. The first kappa shape index (κ1) is 14.8. The Labute approximate surface area is 116 Å². The van der Waals surface area contributed by atoms with Gasteiger partial charge in [-0.05, 0) is 51.7 Å². The van der Waals surface area contributed by atoms with Crippen LogP contribution in [0.4, 0.5) is 0 Å². The van der Waals surface area contributed by atoms with Gasteiger partial charge in [0, 0.05) is 6.04 Å². The average molecular weight is 268 g/mol. The lowest BCUT2D eigenvalue weighted by molar-refractivity contribution is -0.144. The van der Waals surface area contributed by atoms with Gasteiger partial charge in [0.1, 0.15) is 5.54 Å². The fourth-order valence-corrected chi connectivity index (χ4v) is 3.74. The van der Waals surface area contributed by atoms with E-state index < -0.39 is 11.5 Å². The van der Waals surface area contributed by atoms with E-state index in [1.54, 1.807) is 0 Å². The third-order valence-corrected chi connectivity index (χ3v) is 4.82. The van der Waals surface area contributed by atoms with Crippen molar-refractivity contribution >= 4 is 5.97 Å². The first-order chi connectivity index (χ1) is 9.18. The van der Waals surface area contributed by atoms with Gasteiger partial charge in [-0.3, -0.25) is 4.79 Å². The van der Waals surface area contributed by atoms with Crippen LogP contribution in [0.1, 0.15) is 58.3 Å². The predicted molar refractivity (Wildman–Crippen MR) is 76.3 cm³/mol. The van der Waals surface area contributed by atoms with Crippen molar-refractivity contribution in [2.75, 3.05) is 19.6 Å². The molecule has 19 heavy (non-hydrogen) atoms. The largest absolute Gasteiger partial charge is 0.480 e. The van der Waals surface area contributed by atoms with Crippen LogP contribution in [0.3, 0.4) is 0 Å². The van der Waals surface area contributed by atoms with Crippen LogP contribution < -0.4 is 5.32 Å². The molecule has 1 aliphatic heterocycles. The quantitative estimate of drug-likeness (QED) is 0.821. The number of hydrogen-bond acceptors (Lipinski definition) is 3. The van der Waals surface area contributed by atoms with Gasteiger partial charge >= 0.3 is 5.97 Å². The molecule has 2 atom stereocenters. The molecule has 0 spiro atoms.